The first-order chi connectivity index (χ1) is 7.77. The Morgan fingerprint density at radius 3 is 2.25 bits per heavy atom. The van der Waals surface area contributed by atoms with Crippen molar-refractivity contribution in [2.75, 3.05) is 18.5 Å². The van der Waals surface area contributed by atoms with Gasteiger partial charge in [0.25, 0.3) is 0 Å². The molecule has 0 aromatic heterocycles. The van der Waals surface area contributed by atoms with Crippen LogP contribution in [0.4, 0.5) is 5.69 Å². The van der Waals surface area contributed by atoms with Crippen LogP contribution in [0.25, 0.3) is 0 Å². The Morgan fingerprint density at radius 2 is 1.75 bits per heavy atom. The average molecular weight is 240 g/mol. The van der Waals surface area contributed by atoms with E-state index >= 15 is 0 Å². The van der Waals surface area contributed by atoms with Gasteiger partial charge in [-0.3, -0.25) is 0 Å². The zero-order valence-corrected chi connectivity index (χ0v) is 10.3. The van der Waals surface area contributed by atoms with E-state index < -0.39 is 0 Å². The van der Waals surface area contributed by atoms with Gasteiger partial charge in [-0.25, -0.2) is 9.68 Å². The zero-order chi connectivity index (χ0) is 11.8. The molecule has 0 amide bonds. The molecule has 0 spiro atoms. The molecule has 0 saturated heterocycles. The summed E-state index contributed by atoms with van der Waals surface area (Å²) in [5.41, 5.74) is 0.900. The molecule has 0 radical (unpaired) electrons. The Labute approximate surface area is 101 Å². The van der Waals surface area contributed by atoms with Crippen molar-refractivity contribution in [2.24, 2.45) is 0 Å². The van der Waals surface area contributed by atoms with Gasteiger partial charge >= 0.3 is 0 Å². The highest BCUT2D eigenvalue weighted by Crippen LogP contribution is 2.07. The van der Waals surface area contributed by atoms with Gasteiger partial charge in [-0.1, -0.05) is 23.4 Å². The molecular weight excluding hydrogens is 224 g/mol. The summed E-state index contributed by atoms with van der Waals surface area (Å²) in [5.74, 6) is 0. The second-order valence-corrected chi connectivity index (χ2v) is 3.28. The third-order valence-corrected chi connectivity index (χ3v) is 1.93. The van der Waals surface area contributed by atoms with Crippen LogP contribution in [0.1, 0.15) is 13.8 Å². The van der Waals surface area contributed by atoms with Crippen LogP contribution in [0.3, 0.4) is 0 Å². The molecule has 1 aromatic rings. The van der Waals surface area contributed by atoms with Gasteiger partial charge in [0, 0.05) is 5.69 Å². The number of hydrogen-bond acceptors (Lipinski definition) is 3. The predicted octanol–water partition coefficient (Wildman–Crippen LogP) is 2.59. The molecule has 0 fully saturated rings. The van der Waals surface area contributed by atoms with Crippen LogP contribution >= 0.6 is 12.2 Å². The lowest BCUT2D eigenvalue weighted by molar-refractivity contribution is -0.310. The third kappa shape index (κ3) is 4.14. The van der Waals surface area contributed by atoms with Crippen LogP contribution in [0.15, 0.2) is 30.3 Å². The standard InChI is InChI=1S/C11H16N2O2S/c1-3-14-13(15-4-2)11(16)12-10-8-6-5-7-9-10/h5-9H,3-4H2,1-2H3,(H,12,16). The van der Waals surface area contributed by atoms with Gasteiger partial charge in [-0.15, -0.1) is 0 Å². The van der Waals surface area contributed by atoms with Crippen molar-refractivity contribution in [3.63, 3.8) is 0 Å². The van der Waals surface area contributed by atoms with Crippen LogP contribution in [-0.2, 0) is 9.68 Å². The molecule has 0 aliphatic carbocycles. The minimum absolute atomic E-state index is 0.384. The first-order valence-corrected chi connectivity index (χ1v) is 5.60. The summed E-state index contributed by atoms with van der Waals surface area (Å²) in [4.78, 5) is 10.4. The molecule has 4 nitrogen and oxygen atoms in total. The summed E-state index contributed by atoms with van der Waals surface area (Å²) >= 11 is 5.15. The smallest absolute Gasteiger partial charge is 0.227 e. The Kier molecular flexibility index (Phi) is 5.77. The largest absolute Gasteiger partial charge is 0.329 e. The maximum atomic E-state index is 5.22. The Hall–Kier alpha value is -1.17. The molecule has 5 heteroatoms. The number of rotatable bonds is 5. The van der Waals surface area contributed by atoms with Gasteiger partial charge < -0.3 is 5.32 Å². The number of anilines is 1. The quantitative estimate of drug-likeness (QED) is 0.632. The second kappa shape index (κ2) is 7.16. The highest BCUT2D eigenvalue weighted by Gasteiger charge is 2.09. The van der Waals surface area contributed by atoms with Gasteiger partial charge in [-0.05, 0) is 38.2 Å². The van der Waals surface area contributed by atoms with Gasteiger partial charge in [0.15, 0.2) is 0 Å². The molecular formula is C11H16N2O2S. The molecule has 0 unspecified atom stereocenters. The van der Waals surface area contributed by atoms with Crippen molar-refractivity contribution in [1.29, 1.82) is 0 Å². The van der Waals surface area contributed by atoms with Crippen molar-refractivity contribution in [3.05, 3.63) is 30.3 Å². The number of hydrogen-bond donors (Lipinski definition) is 1. The summed E-state index contributed by atoms with van der Waals surface area (Å²) in [6.07, 6.45) is 0. The van der Waals surface area contributed by atoms with E-state index in [0.717, 1.165) is 5.69 Å². The Morgan fingerprint density at radius 1 is 1.19 bits per heavy atom. The minimum atomic E-state index is 0.384. The van der Waals surface area contributed by atoms with Crippen LogP contribution in [0.5, 0.6) is 0 Å². The molecule has 1 aromatic carbocycles. The molecule has 0 atom stereocenters. The van der Waals surface area contributed by atoms with Crippen molar-refractivity contribution in [1.82, 2.24) is 5.23 Å². The third-order valence-electron chi connectivity index (χ3n) is 1.68. The van der Waals surface area contributed by atoms with Crippen molar-refractivity contribution < 1.29 is 9.68 Å². The van der Waals surface area contributed by atoms with Crippen molar-refractivity contribution in [3.8, 4) is 0 Å². The van der Waals surface area contributed by atoms with Crippen LogP contribution < -0.4 is 5.32 Å². The molecule has 0 heterocycles. The second-order valence-electron chi connectivity index (χ2n) is 2.89. The summed E-state index contributed by atoms with van der Waals surface area (Å²) in [6, 6.07) is 9.63. The minimum Gasteiger partial charge on any atom is -0.329 e. The van der Waals surface area contributed by atoms with E-state index in [1.807, 2.05) is 44.2 Å². The number of nitrogens with one attached hydrogen (secondary N) is 1. The zero-order valence-electron chi connectivity index (χ0n) is 9.47. The summed E-state index contributed by atoms with van der Waals surface area (Å²) in [6.45, 7) is 4.74. The molecule has 0 aliphatic heterocycles. The average Bonchev–Trinajstić information content (AvgIpc) is 2.30. The normalized spacial score (nSPS) is 9.88. The van der Waals surface area contributed by atoms with Crippen molar-refractivity contribution >= 4 is 23.0 Å². The maximum absolute atomic E-state index is 5.22. The highest BCUT2D eigenvalue weighted by molar-refractivity contribution is 7.80. The molecule has 88 valence electrons. The molecule has 0 bridgehead atoms. The number of hydroxylamine groups is 2. The van der Waals surface area contributed by atoms with Gasteiger partial charge in [0.2, 0.25) is 5.11 Å². The van der Waals surface area contributed by atoms with Gasteiger partial charge in [0.1, 0.15) is 0 Å². The molecule has 1 rings (SSSR count). The first kappa shape index (κ1) is 12.9. The van der Waals surface area contributed by atoms with Crippen LogP contribution in [-0.4, -0.2) is 23.6 Å². The summed E-state index contributed by atoms with van der Waals surface area (Å²) in [5, 5.41) is 4.63. The molecule has 16 heavy (non-hydrogen) atoms. The van der Waals surface area contributed by atoms with Crippen LogP contribution in [0, 0.1) is 0 Å². The lowest BCUT2D eigenvalue weighted by atomic mass is 10.3. The first-order valence-electron chi connectivity index (χ1n) is 5.20. The van der Waals surface area contributed by atoms with Crippen LogP contribution in [0.2, 0.25) is 0 Å². The Balaban J connectivity index is 2.55. The number of thiocarbonyl (C=S) groups is 1. The van der Waals surface area contributed by atoms with E-state index in [0.29, 0.717) is 18.3 Å². The molecule has 0 saturated carbocycles. The number of nitrogens with zero attached hydrogens (tertiary/aromatic N) is 1. The maximum Gasteiger partial charge on any atom is 0.227 e. The Bertz CT molecular complexity index is 313. The van der Waals surface area contributed by atoms with Gasteiger partial charge in [-0.2, -0.15) is 0 Å². The topological polar surface area (TPSA) is 33.7 Å². The van der Waals surface area contributed by atoms with E-state index in [1.54, 1.807) is 0 Å². The van der Waals surface area contributed by atoms with E-state index in [2.05, 4.69) is 5.32 Å². The molecule has 0 aliphatic rings. The lowest BCUT2D eigenvalue weighted by Gasteiger charge is -2.22. The van der Waals surface area contributed by atoms with E-state index in [1.165, 1.54) is 5.23 Å². The summed E-state index contributed by atoms with van der Waals surface area (Å²) in [7, 11) is 0. The fourth-order valence-electron chi connectivity index (χ4n) is 1.08. The number of para-hydroxylation sites is 1. The fraction of sp³-hybridized carbons (Fsp3) is 0.364. The summed E-state index contributed by atoms with van der Waals surface area (Å²) < 4.78 is 0. The van der Waals surface area contributed by atoms with E-state index in [9.17, 15) is 0 Å². The van der Waals surface area contributed by atoms with E-state index in [-0.39, 0.29) is 0 Å². The SMILES string of the molecule is CCON(OCC)C(=S)Nc1ccccc1. The molecule has 1 N–H and O–H groups in total. The fourth-order valence-corrected chi connectivity index (χ4v) is 1.30. The predicted molar refractivity (Wildman–Crippen MR) is 67.8 cm³/mol. The van der Waals surface area contributed by atoms with E-state index in [4.69, 9.17) is 21.9 Å². The highest BCUT2D eigenvalue weighted by atomic mass is 32.1. The number of benzene rings is 1. The monoisotopic (exact) mass is 240 g/mol. The van der Waals surface area contributed by atoms with Crippen molar-refractivity contribution in [2.45, 2.75) is 13.8 Å². The van der Waals surface area contributed by atoms with Gasteiger partial charge in [0.05, 0.1) is 13.2 Å². The lowest BCUT2D eigenvalue weighted by Crippen LogP contribution is -2.35.